The molecule has 5 heteroatoms. The Balaban J connectivity index is 1.75. The van der Waals surface area contributed by atoms with Crippen LogP contribution >= 0.6 is 15.9 Å². The van der Waals surface area contributed by atoms with E-state index in [0.29, 0.717) is 6.54 Å². The summed E-state index contributed by atoms with van der Waals surface area (Å²) in [5.41, 5.74) is 0.947. The van der Waals surface area contributed by atoms with Crippen molar-refractivity contribution in [2.75, 3.05) is 0 Å². The topological polar surface area (TPSA) is 51.2 Å². The van der Waals surface area contributed by atoms with E-state index in [0.717, 1.165) is 35.7 Å². The van der Waals surface area contributed by atoms with E-state index in [1.165, 1.54) is 0 Å². The van der Waals surface area contributed by atoms with Gasteiger partial charge in [-0.05, 0) is 53.2 Å². The number of ether oxygens (including phenoxy) is 1. The number of hydrogen-bond donors (Lipinski definition) is 1. The molecule has 0 unspecified atom stereocenters. The van der Waals surface area contributed by atoms with Crippen LogP contribution in [0.3, 0.4) is 0 Å². The Morgan fingerprint density at radius 3 is 2.94 bits per heavy atom. The van der Waals surface area contributed by atoms with Crippen LogP contribution in [0.15, 0.2) is 22.9 Å². The van der Waals surface area contributed by atoms with Crippen molar-refractivity contribution in [2.45, 2.75) is 38.3 Å². The summed E-state index contributed by atoms with van der Waals surface area (Å²) in [4.78, 5) is 15.5. The van der Waals surface area contributed by atoms with Gasteiger partial charge in [0.2, 0.25) is 0 Å². The molecule has 1 aromatic heterocycles. The Kier molecular flexibility index (Phi) is 4.36. The van der Waals surface area contributed by atoms with Crippen LogP contribution in [0.4, 0.5) is 4.79 Å². The maximum atomic E-state index is 11.5. The first-order chi connectivity index (χ1) is 8.24. The molecule has 0 aliphatic heterocycles. The Labute approximate surface area is 109 Å². The van der Waals surface area contributed by atoms with Crippen molar-refractivity contribution in [1.29, 1.82) is 0 Å². The molecule has 1 N–H and O–H groups in total. The fourth-order valence-corrected chi connectivity index (χ4v) is 2.34. The largest absolute Gasteiger partial charge is 0.446 e. The van der Waals surface area contributed by atoms with Gasteiger partial charge in [0.1, 0.15) is 6.10 Å². The molecule has 4 nitrogen and oxygen atoms in total. The van der Waals surface area contributed by atoms with Gasteiger partial charge in [-0.25, -0.2) is 4.79 Å². The minimum atomic E-state index is -0.336. The Hall–Kier alpha value is -1.10. The summed E-state index contributed by atoms with van der Waals surface area (Å²) >= 11 is 3.33. The first-order valence-electron chi connectivity index (χ1n) is 5.78. The summed E-state index contributed by atoms with van der Waals surface area (Å²) in [7, 11) is 0. The summed E-state index contributed by atoms with van der Waals surface area (Å²) in [5.74, 6) is 0. The van der Waals surface area contributed by atoms with Crippen molar-refractivity contribution in [1.82, 2.24) is 10.3 Å². The van der Waals surface area contributed by atoms with Gasteiger partial charge in [-0.1, -0.05) is 0 Å². The van der Waals surface area contributed by atoms with Gasteiger partial charge in [-0.15, -0.1) is 0 Å². The molecule has 1 fully saturated rings. The van der Waals surface area contributed by atoms with E-state index >= 15 is 0 Å². The standard InChI is InChI=1S/C12H15BrN2O2/c13-10-5-9(6-14-8-10)7-15-12(16)17-11-3-1-2-4-11/h5-6,8,11H,1-4,7H2,(H,15,16). The monoisotopic (exact) mass is 298 g/mol. The van der Waals surface area contributed by atoms with Crippen LogP contribution in [0.25, 0.3) is 0 Å². The second-order valence-corrected chi connectivity index (χ2v) is 5.09. The van der Waals surface area contributed by atoms with Crippen molar-refractivity contribution < 1.29 is 9.53 Å². The molecule has 1 amide bonds. The van der Waals surface area contributed by atoms with Gasteiger partial charge >= 0.3 is 6.09 Å². The normalized spacial score (nSPS) is 15.8. The molecule has 1 aliphatic carbocycles. The highest BCUT2D eigenvalue weighted by Gasteiger charge is 2.18. The van der Waals surface area contributed by atoms with Crippen LogP contribution in [-0.2, 0) is 11.3 Å². The fourth-order valence-electron chi connectivity index (χ4n) is 1.93. The van der Waals surface area contributed by atoms with E-state index in [2.05, 4.69) is 26.2 Å². The van der Waals surface area contributed by atoms with Crippen LogP contribution < -0.4 is 5.32 Å². The average molecular weight is 299 g/mol. The minimum Gasteiger partial charge on any atom is -0.446 e. The van der Waals surface area contributed by atoms with Gasteiger partial charge in [0.05, 0.1) is 0 Å². The molecule has 1 aliphatic rings. The number of carbonyl (C=O) groups excluding carboxylic acids is 1. The molecular formula is C12H15BrN2O2. The SMILES string of the molecule is O=C(NCc1cncc(Br)c1)OC1CCCC1. The smallest absolute Gasteiger partial charge is 0.407 e. The van der Waals surface area contributed by atoms with Crippen LogP contribution in [-0.4, -0.2) is 17.2 Å². The first-order valence-corrected chi connectivity index (χ1v) is 6.57. The molecule has 0 atom stereocenters. The third kappa shape index (κ3) is 4.00. The predicted octanol–water partition coefficient (Wildman–Crippen LogP) is 3.01. The minimum absolute atomic E-state index is 0.107. The van der Waals surface area contributed by atoms with Gasteiger partial charge in [0.25, 0.3) is 0 Å². The summed E-state index contributed by atoms with van der Waals surface area (Å²) in [6, 6.07) is 1.92. The van der Waals surface area contributed by atoms with E-state index in [9.17, 15) is 4.79 Å². The number of alkyl carbamates (subject to hydrolysis) is 1. The highest BCUT2D eigenvalue weighted by molar-refractivity contribution is 9.10. The summed E-state index contributed by atoms with van der Waals surface area (Å²) < 4.78 is 6.18. The van der Waals surface area contributed by atoms with Gasteiger partial charge in [0.15, 0.2) is 0 Å². The maximum absolute atomic E-state index is 11.5. The zero-order chi connectivity index (χ0) is 12.1. The van der Waals surface area contributed by atoms with Crippen molar-refractivity contribution in [2.24, 2.45) is 0 Å². The molecular weight excluding hydrogens is 284 g/mol. The number of carbonyl (C=O) groups is 1. The van der Waals surface area contributed by atoms with Crippen LogP contribution in [0, 0.1) is 0 Å². The van der Waals surface area contributed by atoms with E-state index in [1.54, 1.807) is 12.4 Å². The molecule has 92 valence electrons. The Morgan fingerprint density at radius 2 is 2.24 bits per heavy atom. The molecule has 0 bridgehead atoms. The lowest BCUT2D eigenvalue weighted by atomic mass is 10.3. The zero-order valence-corrected chi connectivity index (χ0v) is 11.1. The zero-order valence-electron chi connectivity index (χ0n) is 9.49. The lowest BCUT2D eigenvalue weighted by molar-refractivity contribution is 0.100. The predicted molar refractivity (Wildman–Crippen MR) is 67.5 cm³/mol. The molecule has 0 aromatic carbocycles. The maximum Gasteiger partial charge on any atom is 0.407 e. The van der Waals surface area contributed by atoms with Crippen LogP contribution in [0.1, 0.15) is 31.2 Å². The summed E-state index contributed by atoms with van der Waals surface area (Å²) in [5, 5.41) is 2.73. The van der Waals surface area contributed by atoms with E-state index in [-0.39, 0.29) is 12.2 Å². The molecule has 0 spiro atoms. The van der Waals surface area contributed by atoms with Crippen molar-refractivity contribution >= 4 is 22.0 Å². The van der Waals surface area contributed by atoms with Crippen molar-refractivity contribution in [3.05, 3.63) is 28.5 Å². The van der Waals surface area contributed by atoms with Gasteiger partial charge in [-0.3, -0.25) is 4.98 Å². The molecule has 17 heavy (non-hydrogen) atoms. The van der Waals surface area contributed by atoms with Crippen molar-refractivity contribution in [3.63, 3.8) is 0 Å². The van der Waals surface area contributed by atoms with Crippen LogP contribution in [0.5, 0.6) is 0 Å². The fraction of sp³-hybridized carbons (Fsp3) is 0.500. The number of halogens is 1. The Morgan fingerprint density at radius 1 is 1.47 bits per heavy atom. The number of nitrogens with one attached hydrogen (secondary N) is 1. The molecule has 0 radical (unpaired) electrons. The third-order valence-corrected chi connectivity index (χ3v) is 3.21. The third-order valence-electron chi connectivity index (χ3n) is 2.77. The van der Waals surface area contributed by atoms with Crippen LogP contribution in [0.2, 0.25) is 0 Å². The number of aromatic nitrogens is 1. The van der Waals surface area contributed by atoms with E-state index < -0.39 is 0 Å². The molecule has 2 rings (SSSR count). The van der Waals surface area contributed by atoms with Gasteiger partial charge in [0, 0.05) is 23.4 Å². The summed E-state index contributed by atoms with van der Waals surface area (Å²) in [6.45, 7) is 0.442. The number of amides is 1. The van der Waals surface area contributed by atoms with Gasteiger partial charge < -0.3 is 10.1 Å². The average Bonchev–Trinajstić information content (AvgIpc) is 2.79. The lowest BCUT2D eigenvalue weighted by Gasteiger charge is -2.12. The van der Waals surface area contributed by atoms with Crippen molar-refractivity contribution in [3.8, 4) is 0 Å². The van der Waals surface area contributed by atoms with Gasteiger partial charge in [-0.2, -0.15) is 0 Å². The molecule has 0 saturated heterocycles. The molecule has 1 aromatic rings. The number of hydrogen-bond acceptors (Lipinski definition) is 3. The highest BCUT2D eigenvalue weighted by Crippen LogP contribution is 2.20. The quantitative estimate of drug-likeness (QED) is 0.933. The summed E-state index contributed by atoms with van der Waals surface area (Å²) in [6.07, 6.45) is 7.51. The highest BCUT2D eigenvalue weighted by atomic mass is 79.9. The van der Waals surface area contributed by atoms with E-state index in [1.807, 2.05) is 6.07 Å². The second kappa shape index (κ2) is 6.00. The lowest BCUT2D eigenvalue weighted by Crippen LogP contribution is -2.27. The second-order valence-electron chi connectivity index (χ2n) is 4.18. The van der Waals surface area contributed by atoms with E-state index in [4.69, 9.17) is 4.74 Å². The molecule has 1 heterocycles. The number of pyridine rings is 1. The Bertz CT molecular complexity index is 392. The molecule has 1 saturated carbocycles. The number of nitrogens with zero attached hydrogens (tertiary/aromatic N) is 1. The number of rotatable bonds is 3. The first kappa shape index (κ1) is 12.4.